The van der Waals surface area contributed by atoms with Crippen molar-refractivity contribution in [2.75, 3.05) is 17.6 Å². The van der Waals surface area contributed by atoms with Gasteiger partial charge >= 0.3 is 0 Å². The smallest absolute Gasteiger partial charge is 0.183 e. The molecule has 1 fully saturated rings. The first-order chi connectivity index (χ1) is 6.84. The fourth-order valence-corrected chi connectivity index (χ4v) is 3.90. The van der Waals surface area contributed by atoms with Crippen molar-refractivity contribution < 1.29 is 0 Å². The van der Waals surface area contributed by atoms with E-state index in [2.05, 4.69) is 38.0 Å². The lowest BCUT2D eigenvalue weighted by Gasteiger charge is -2.21. The van der Waals surface area contributed by atoms with Crippen LogP contribution >= 0.6 is 39.0 Å². The third-order valence-electron chi connectivity index (χ3n) is 2.23. The van der Waals surface area contributed by atoms with Crippen LogP contribution < -0.4 is 5.32 Å². The number of thiazole rings is 1. The summed E-state index contributed by atoms with van der Waals surface area (Å²) in [6.45, 7) is 1.06. The highest BCUT2D eigenvalue weighted by Crippen LogP contribution is 2.26. The summed E-state index contributed by atoms with van der Waals surface area (Å²) >= 11 is 7.10. The van der Waals surface area contributed by atoms with Crippen LogP contribution in [0.25, 0.3) is 0 Å². The van der Waals surface area contributed by atoms with Gasteiger partial charge in [-0.2, -0.15) is 11.8 Å². The summed E-state index contributed by atoms with van der Waals surface area (Å²) in [5.41, 5.74) is 0. The monoisotopic (exact) mass is 292 g/mol. The number of halogens is 1. The molecule has 0 aliphatic carbocycles. The molecule has 2 heterocycles. The molecule has 0 spiro atoms. The maximum Gasteiger partial charge on any atom is 0.183 e. The molecule has 2 nitrogen and oxygen atoms in total. The van der Waals surface area contributed by atoms with Gasteiger partial charge in [-0.15, -0.1) is 11.3 Å². The van der Waals surface area contributed by atoms with Crippen LogP contribution in [0.5, 0.6) is 0 Å². The van der Waals surface area contributed by atoms with Gasteiger partial charge in [0.15, 0.2) is 5.13 Å². The van der Waals surface area contributed by atoms with Crippen LogP contribution in [0.2, 0.25) is 0 Å². The lowest BCUT2D eigenvalue weighted by Crippen LogP contribution is -2.19. The van der Waals surface area contributed by atoms with Gasteiger partial charge in [0.05, 0.1) is 0 Å². The summed E-state index contributed by atoms with van der Waals surface area (Å²) in [5.74, 6) is 1.33. The number of anilines is 1. The van der Waals surface area contributed by atoms with Gasteiger partial charge < -0.3 is 5.32 Å². The Balaban J connectivity index is 1.76. The van der Waals surface area contributed by atoms with Gasteiger partial charge in [0.25, 0.3) is 0 Å². The zero-order chi connectivity index (χ0) is 9.80. The van der Waals surface area contributed by atoms with Gasteiger partial charge in [0, 0.05) is 17.2 Å². The minimum Gasteiger partial charge on any atom is -0.360 e. The standard InChI is InChI=1S/C9H13BrN2S2/c10-8-6-14-9(12-8)11-5-7-3-1-2-4-13-7/h6-7H,1-5H2,(H,11,12). The van der Waals surface area contributed by atoms with Crippen molar-refractivity contribution in [2.45, 2.75) is 24.5 Å². The summed E-state index contributed by atoms with van der Waals surface area (Å²) in [6, 6.07) is 0. The zero-order valence-electron chi connectivity index (χ0n) is 7.83. The molecule has 0 radical (unpaired) electrons. The highest BCUT2D eigenvalue weighted by Gasteiger charge is 2.13. The number of hydrogen-bond acceptors (Lipinski definition) is 4. The average molecular weight is 293 g/mol. The topological polar surface area (TPSA) is 24.9 Å². The Bertz CT molecular complexity index is 284. The molecule has 1 N–H and O–H groups in total. The molecular weight excluding hydrogens is 280 g/mol. The van der Waals surface area contributed by atoms with Gasteiger partial charge in [0.1, 0.15) is 4.60 Å². The Morgan fingerprint density at radius 3 is 3.14 bits per heavy atom. The minimum absolute atomic E-state index is 0.784. The van der Waals surface area contributed by atoms with Gasteiger partial charge in [-0.1, -0.05) is 6.42 Å². The minimum atomic E-state index is 0.784. The van der Waals surface area contributed by atoms with E-state index in [1.807, 2.05) is 5.38 Å². The Kier molecular flexibility index (Phi) is 4.13. The maximum atomic E-state index is 4.31. The lowest BCUT2D eigenvalue weighted by atomic mass is 10.2. The highest BCUT2D eigenvalue weighted by molar-refractivity contribution is 9.10. The number of aromatic nitrogens is 1. The van der Waals surface area contributed by atoms with Crippen molar-refractivity contribution in [3.05, 3.63) is 9.98 Å². The van der Waals surface area contributed by atoms with Crippen LogP contribution in [0.15, 0.2) is 9.98 Å². The van der Waals surface area contributed by atoms with Crippen LogP contribution in [0.4, 0.5) is 5.13 Å². The molecule has 14 heavy (non-hydrogen) atoms. The molecule has 1 aliphatic heterocycles. The van der Waals surface area contributed by atoms with E-state index in [-0.39, 0.29) is 0 Å². The summed E-state index contributed by atoms with van der Waals surface area (Å²) in [4.78, 5) is 4.31. The lowest BCUT2D eigenvalue weighted by molar-refractivity contribution is 0.677. The number of hydrogen-bond donors (Lipinski definition) is 1. The molecule has 2 rings (SSSR count). The van der Waals surface area contributed by atoms with Crippen LogP contribution in [0, 0.1) is 0 Å². The summed E-state index contributed by atoms with van der Waals surface area (Å²) < 4.78 is 0.932. The molecule has 0 amide bonds. The van der Waals surface area contributed by atoms with Crippen LogP contribution in [-0.2, 0) is 0 Å². The van der Waals surface area contributed by atoms with E-state index in [9.17, 15) is 0 Å². The van der Waals surface area contributed by atoms with Gasteiger partial charge in [-0.25, -0.2) is 4.98 Å². The van der Waals surface area contributed by atoms with Crippen molar-refractivity contribution in [3.8, 4) is 0 Å². The highest BCUT2D eigenvalue weighted by atomic mass is 79.9. The number of rotatable bonds is 3. The van der Waals surface area contributed by atoms with Crippen LogP contribution in [0.3, 0.4) is 0 Å². The van der Waals surface area contributed by atoms with Crippen molar-refractivity contribution in [3.63, 3.8) is 0 Å². The molecule has 5 heteroatoms. The SMILES string of the molecule is Brc1csc(NCC2CCCCS2)n1. The number of thioether (sulfide) groups is 1. The molecule has 0 bridgehead atoms. The molecule has 1 aromatic rings. The zero-order valence-corrected chi connectivity index (χ0v) is 11.1. The van der Waals surface area contributed by atoms with Crippen molar-refractivity contribution in [1.29, 1.82) is 0 Å². The molecule has 0 saturated carbocycles. The number of nitrogens with zero attached hydrogens (tertiary/aromatic N) is 1. The maximum absolute atomic E-state index is 4.31. The van der Waals surface area contributed by atoms with E-state index in [4.69, 9.17) is 0 Å². The molecule has 1 aliphatic rings. The first-order valence-corrected chi connectivity index (χ1v) is 7.53. The Morgan fingerprint density at radius 2 is 2.50 bits per heavy atom. The summed E-state index contributed by atoms with van der Waals surface area (Å²) in [5, 5.41) is 7.22. The first-order valence-electron chi connectivity index (χ1n) is 4.81. The molecule has 78 valence electrons. The first kappa shape index (κ1) is 10.8. The van der Waals surface area contributed by atoms with Gasteiger partial charge in [-0.3, -0.25) is 0 Å². The fraction of sp³-hybridized carbons (Fsp3) is 0.667. The van der Waals surface area contributed by atoms with E-state index < -0.39 is 0 Å². The van der Waals surface area contributed by atoms with Crippen LogP contribution in [0.1, 0.15) is 19.3 Å². The van der Waals surface area contributed by atoms with Gasteiger partial charge in [-0.05, 0) is 34.5 Å². The predicted octanol–water partition coefficient (Wildman–Crippen LogP) is 3.60. The molecule has 1 unspecified atom stereocenters. The molecule has 1 atom stereocenters. The molecule has 0 aromatic carbocycles. The van der Waals surface area contributed by atoms with E-state index in [1.54, 1.807) is 11.3 Å². The fourth-order valence-electron chi connectivity index (χ4n) is 1.50. The van der Waals surface area contributed by atoms with E-state index in [1.165, 1.54) is 25.0 Å². The van der Waals surface area contributed by atoms with Crippen molar-refractivity contribution in [2.24, 2.45) is 0 Å². The average Bonchev–Trinajstić information content (AvgIpc) is 2.63. The van der Waals surface area contributed by atoms with E-state index in [0.29, 0.717) is 0 Å². The van der Waals surface area contributed by atoms with Crippen molar-refractivity contribution >= 4 is 44.2 Å². The molecular formula is C9H13BrN2S2. The summed E-state index contributed by atoms with van der Waals surface area (Å²) in [7, 11) is 0. The quantitative estimate of drug-likeness (QED) is 0.921. The summed E-state index contributed by atoms with van der Waals surface area (Å²) in [6.07, 6.45) is 4.13. The Labute approximate surface area is 101 Å². The molecule has 1 saturated heterocycles. The van der Waals surface area contributed by atoms with Crippen LogP contribution in [-0.4, -0.2) is 22.5 Å². The second-order valence-corrected chi connectivity index (χ2v) is 6.42. The predicted molar refractivity (Wildman–Crippen MR) is 68.4 cm³/mol. The Morgan fingerprint density at radius 1 is 1.57 bits per heavy atom. The van der Waals surface area contributed by atoms with E-state index >= 15 is 0 Å². The van der Waals surface area contributed by atoms with E-state index in [0.717, 1.165) is 21.5 Å². The Hall–Kier alpha value is 0.260. The van der Waals surface area contributed by atoms with Gasteiger partial charge in [0.2, 0.25) is 0 Å². The third-order valence-corrected chi connectivity index (χ3v) is 5.14. The van der Waals surface area contributed by atoms with Crippen molar-refractivity contribution in [1.82, 2.24) is 4.98 Å². The third kappa shape index (κ3) is 3.14. The molecule has 1 aromatic heterocycles. The number of nitrogens with one attached hydrogen (secondary N) is 1. The normalized spacial score (nSPS) is 22.2. The largest absolute Gasteiger partial charge is 0.360 e. The second kappa shape index (κ2) is 5.37. The second-order valence-electron chi connectivity index (χ2n) is 3.34.